The van der Waals surface area contributed by atoms with Crippen LogP contribution in [0.1, 0.15) is 23.4 Å². The van der Waals surface area contributed by atoms with Gasteiger partial charge >= 0.3 is 0 Å². The van der Waals surface area contributed by atoms with Gasteiger partial charge in [0, 0.05) is 6.42 Å². The number of nitrogens with zero attached hydrogens (tertiary/aromatic N) is 2. The molecule has 1 fully saturated rings. The molecule has 2 aromatic rings. The zero-order valence-corrected chi connectivity index (χ0v) is 12.1. The van der Waals surface area contributed by atoms with Crippen LogP contribution >= 0.6 is 11.3 Å². The van der Waals surface area contributed by atoms with Crippen LogP contribution in [-0.2, 0) is 11.2 Å². The van der Waals surface area contributed by atoms with E-state index in [0.717, 1.165) is 19.4 Å². The summed E-state index contributed by atoms with van der Waals surface area (Å²) in [6, 6.07) is 6.43. The normalized spacial score (nSPS) is 17.9. The number of carbonyl (C=O) groups excluding carboxylic acids is 1. The second-order valence-electron chi connectivity index (χ2n) is 4.91. The first kappa shape index (κ1) is 14.1. The van der Waals surface area contributed by atoms with E-state index in [2.05, 4.69) is 20.8 Å². The van der Waals surface area contributed by atoms with Gasteiger partial charge in [0.2, 0.25) is 11.0 Å². The Morgan fingerprint density at radius 3 is 3.05 bits per heavy atom. The van der Waals surface area contributed by atoms with Crippen molar-refractivity contribution in [3.63, 3.8) is 0 Å². The standard InChI is InChI=1S/C14H15FN4OS/c15-10-5-2-1-4-9(10)8-12-18-19-14(21-12)17-13(20)11-6-3-7-16-11/h1-2,4-5,11,16H,3,6-8H2,(H,17,19,20). The fourth-order valence-electron chi connectivity index (χ4n) is 2.28. The second-order valence-corrected chi connectivity index (χ2v) is 5.97. The van der Waals surface area contributed by atoms with Gasteiger partial charge in [-0.1, -0.05) is 29.5 Å². The Morgan fingerprint density at radius 1 is 1.43 bits per heavy atom. The summed E-state index contributed by atoms with van der Waals surface area (Å²) in [4.78, 5) is 11.9. The Balaban J connectivity index is 1.63. The molecule has 0 bridgehead atoms. The van der Waals surface area contributed by atoms with Gasteiger partial charge in [0.15, 0.2) is 0 Å². The Labute approximate surface area is 125 Å². The van der Waals surface area contributed by atoms with E-state index >= 15 is 0 Å². The molecular weight excluding hydrogens is 291 g/mol. The minimum absolute atomic E-state index is 0.0823. The van der Waals surface area contributed by atoms with Crippen LogP contribution in [0.25, 0.3) is 0 Å². The van der Waals surface area contributed by atoms with E-state index < -0.39 is 0 Å². The summed E-state index contributed by atoms with van der Waals surface area (Å²) in [6.45, 7) is 0.868. The molecule has 0 aliphatic carbocycles. The van der Waals surface area contributed by atoms with Crippen LogP contribution in [0.3, 0.4) is 0 Å². The number of halogens is 1. The number of rotatable bonds is 4. The highest BCUT2D eigenvalue weighted by molar-refractivity contribution is 7.15. The first-order valence-electron chi connectivity index (χ1n) is 6.82. The SMILES string of the molecule is O=C(Nc1nnc(Cc2ccccc2F)s1)C1CCCN1. The third kappa shape index (κ3) is 3.43. The molecule has 110 valence electrons. The van der Waals surface area contributed by atoms with Gasteiger partial charge in [-0.2, -0.15) is 0 Å². The molecule has 0 saturated carbocycles. The fraction of sp³-hybridized carbons (Fsp3) is 0.357. The highest BCUT2D eigenvalue weighted by Crippen LogP contribution is 2.20. The first-order valence-corrected chi connectivity index (χ1v) is 7.64. The monoisotopic (exact) mass is 306 g/mol. The molecule has 1 unspecified atom stereocenters. The maximum Gasteiger partial charge on any atom is 0.243 e. The Bertz CT molecular complexity index is 639. The van der Waals surface area contributed by atoms with Crippen LogP contribution in [-0.4, -0.2) is 28.7 Å². The van der Waals surface area contributed by atoms with Gasteiger partial charge in [0.05, 0.1) is 6.04 Å². The van der Waals surface area contributed by atoms with Gasteiger partial charge in [-0.05, 0) is 31.0 Å². The molecule has 1 aromatic carbocycles. The molecule has 0 spiro atoms. The predicted molar refractivity (Wildman–Crippen MR) is 78.8 cm³/mol. The van der Waals surface area contributed by atoms with E-state index in [1.165, 1.54) is 17.4 Å². The van der Waals surface area contributed by atoms with Crippen molar-refractivity contribution in [3.8, 4) is 0 Å². The minimum Gasteiger partial charge on any atom is -0.306 e. The predicted octanol–water partition coefficient (Wildman–Crippen LogP) is 1.96. The van der Waals surface area contributed by atoms with E-state index in [-0.39, 0.29) is 17.8 Å². The van der Waals surface area contributed by atoms with Crippen LogP contribution in [0, 0.1) is 5.82 Å². The molecule has 1 amide bonds. The summed E-state index contributed by atoms with van der Waals surface area (Å²) >= 11 is 1.27. The second kappa shape index (κ2) is 6.28. The zero-order valence-electron chi connectivity index (χ0n) is 11.3. The summed E-state index contributed by atoms with van der Waals surface area (Å²) in [5.41, 5.74) is 0.573. The fourth-order valence-corrected chi connectivity index (χ4v) is 3.05. The van der Waals surface area contributed by atoms with Crippen molar-refractivity contribution in [1.29, 1.82) is 0 Å². The van der Waals surface area contributed by atoms with Crippen LogP contribution in [0.5, 0.6) is 0 Å². The Morgan fingerprint density at radius 2 is 2.29 bits per heavy atom. The number of hydrogen-bond donors (Lipinski definition) is 2. The van der Waals surface area contributed by atoms with Crippen LogP contribution in [0.2, 0.25) is 0 Å². The molecule has 3 rings (SSSR count). The molecule has 1 aliphatic rings. The lowest BCUT2D eigenvalue weighted by Gasteiger charge is -2.07. The number of anilines is 1. The van der Waals surface area contributed by atoms with E-state index in [1.807, 2.05) is 0 Å². The lowest BCUT2D eigenvalue weighted by Crippen LogP contribution is -2.35. The van der Waals surface area contributed by atoms with Crippen molar-refractivity contribution < 1.29 is 9.18 Å². The van der Waals surface area contributed by atoms with E-state index in [0.29, 0.717) is 22.1 Å². The van der Waals surface area contributed by atoms with Crippen molar-refractivity contribution >= 4 is 22.4 Å². The Kier molecular flexibility index (Phi) is 4.21. The number of carbonyl (C=O) groups is 1. The Hall–Kier alpha value is -1.86. The zero-order chi connectivity index (χ0) is 14.7. The van der Waals surface area contributed by atoms with Gasteiger partial charge in [-0.15, -0.1) is 10.2 Å². The maximum absolute atomic E-state index is 13.6. The lowest BCUT2D eigenvalue weighted by atomic mass is 10.1. The molecule has 21 heavy (non-hydrogen) atoms. The molecule has 1 aliphatic heterocycles. The summed E-state index contributed by atoms with van der Waals surface area (Å²) in [5, 5.41) is 15.0. The molecular formula is C14H15FN4OS. The summed E-state index contributed by atoms with van der Waals surface area (Å²) in [7, 11) is 0. The topological polar surface area (TPSA) is 66.9 Å². The number of nitrogens with one attached hydrogen (secondary N) is 2. The van der Waals surface area contributed by atoms with Crippen molar-refractivity contribution in [3.05, 3.63) is 40.7 Å². The molecule has 0 radical (unpaired) electrons. The van der Waals surface area contributed by atoms with Gasteiger partial charge in [0.25, 0.3) is 0 Å². The quantitative estimate of drug-likeness (QED) is 0.906. The van der Waals surface area contributed by atoms with Gasteiger partial charge in [0.1, 0.15) is 10.8 Å². The third-order valence-electron chi connectivity index (χ3n) is 3.37. The largest absolute Gasteiger partial charge is 0.306 e. The number of amides is 1. The van der Waals surface area contributed by atoms with Crippen LogP contribution in [0.15, 0.2) is 24.3 Å². The lowest BCUT2D eigenvalue weighted by molar-refractivity contribution is -0.117. The molecule has 1 saturated heterocycles. The maximum atomic E-state index is 13.6. The molecule has 1 atom stereocenters. The van der Waals surface area contributed by atoms with E-state index in [9.17, 15) is 9.18 Å². The summed E-state index contributed by atoms with van der Waals surface area (Å²) in [6.07, 6.45) is 2.22. The molecule has 7 heteroatoms. The van der Waals surface area contributed by atoms with Crippen LogP contribution < -0.4 is 10.6 Å². The number of hydrogen-bond acceptors (Lipinski definition) is 5. The highest BCUT2D eigenvalue weighted by atomic mass is 32.1. The average Bonchev–Trinajstić information content (AvgIpc) is 3.13. The molecule has 2 N–H and O–H groups in total. The minimum atomic E-state index is -0.256. The van der Waals surface area contributed by atoms with Gasteiger partial charge < -0.3 is 5.32 Å². The average molecular weight is 306 g/mol. The molecule has 5 nitrogen and oxygen atoms in total. The third-order valence-corrected chi connectivity index (χ3v) is 4.21. The van der Waals surface area contributed by atoms with E-state index in [4.69, 9.17) is 0 Å². The number of benzene rings is 1. The van der Waals surface area contributed by atoms with Gasteiger partial charge in [-0.3, -0.25) is 10.1 Å². The highest BCUT2D eigenvalue weighted by Gasteiger charge is 2.23. The summed E-state index contributed by atoms with van der Waals surface area (Å²) in [5.74, 6) is -0.338. The van der Waals surface area contributed by atoms with Crippen molar-refractivity contribution in [2.75, 3.05) is 11.9 Å². The molecule has 2 heterocycles. The summed E-state index contributed by atoms with van der Waals surface area (Å²) < 4.78 is 13.6. The first-order chi connectivity index (χ1) is 10.2. The molecule has 1 aromatic heterocycles. The smallest absolute Gasteiger partial charge is 0.243 e. The number of aromatic nitrogens is 2. The van der Waals surface area contributed by atoms with Crippen molar-refractivity contribution in [1.82, 2.24) is 15.5 Å². The van der Waals surface area contributed by atoms with Crippen molar-refractivity contribution in [2.24, 2.45) is 0 Å². The van der Waals surface area contributed by atoms with Crippen molar-refractivity contribution in [2.45, 2.75) is 25.3 Å². The van der Waals surface area contributed by atoms with Crippen LogP contribution in [0.4, 0.5) is 9.52 Å². The van der Waals surface area contributed by atoms with E-state index in [1.54, 1.807) is 18.2 Å². The van der Waals surface area contributed by atoms with Gasteiger partial charge in [-0.25, -0.2) is 4.39 Å².